The van der Waals surface area contributed by atoms with Crippen molar-refractivity contribution in [2.45, 2.75) is 20.1 Å². The van der Waals surface area contributed by atoms with Gasteiger partial charge in [0.1, 0.15) is 0 Å². The van der Waals surface area contributed by atoms with Gasteiger partial charge in [0, 0.05) is 17.7 Å². The molecule has 0 unspecified atom stereocenters. The second-order valence-electron chi connectivity index (χ2n) is 4.22. The van der Waals surface area contributed by atoms with E-state index in [1.54, 1.807) is 18.2 Å². The molecule has 0 saturated heterocycles. The molecule has 108 valence electrons. The highest BCUT2D eigenvalue weighted by molar-refractivity contribution is 9.10. The van der Waals surface area contributed by atoms with Crippen LogP contribution in [0.15, 0.2) is 22.7 Å². The molecular formula is C14H16BrNO4. The predicted octanol–water partition coefficient (Wildman–Crippen LogP) is 2.38. The fourth-order valence-corrected chi connectivity index (χ4v) is 2.69. The summed E-state index contributed by atoms with van der Waals surface area (Å²) in [5, 5.41) is 0. The van der Waals surface area contributed by atoms with Crippen LogP contribution in [0.2, 0.25) is 0 Å². The van der Waals surface area contributed by atoms with E-state index in [4.69, 9.17) is 9.47 Å². The molecular weight excluding hydrogens is 326 g/mol. The van der Waals surface area contributed by atoms with E-state index in [9.17, 15) is 9.59 Å². The Morgan fingerprint density at radius 3 is 2.45 bits per heavy atom. The van der Waals surface area contributed by atoms with Crippen molar-refractivity contribution in [2.75, 3.05) is 24.7 Å². The summed E-state index contributed by atoms with van der Waals surface area (Å²) < 4.78 is 11.5. The Bertz CT molecular complexity index is 526. The molecule has 20 heavy (non-hydrogen) atoms. The van der Waals surface area contributed by atoms with Crippen LogP contribution in [0.4, 0.5) is 5.69 Å². The van der Waals surface area contributed by atoms with Gasteiger partial charge in [0.15, 0.2) is 6.29 Å². The van der Waals surface area contributed by atoms with Crippen molar-refractivity contribution in [1.29, 1.82) is 0 Å². The van der Waals surface area contributed by atoms with Gasteiger partial charge in [-0.15, -0.1) is 0 Å². The third kappa shape index (κ3) is 2.77. The average molecular weight is 342 g/mol. The molecule has 1 aromatic carbocycles. The Kier molecular flexibility index (Phi) is 4.91. The number of fused-ring (bicyclic) bond motifs is 1. The summed E-state index contributed by atoms with van der Waals surface area (Å²) in [7, 11) is 0. The van der Waals surface area contributed by atoms with Crippen molar-refractivity contribution < 1.29 is 19.1 Å². The van der Waals surface area contributed by atoms with Crippen LogP contribution in [0, 0.1) is 0 Å². The summed E-state index contributed by atoms with van der Waals surface area (Å²) in [6.07, 6.45) is -0.535. The van der Waals surface area contributed by atoms with E-state index in [1.807, 2.05) is 13.8 Å². The first-order chi connectivity index (χ1) is 9.60. The number of hydrogen-bond donors (Lipinski definition) is 0. The maximum absolute atomic E-state index is 12.1. The SMILES string of the molecule is CCOC(CN1C(=O)C(=O)c2c(Br)cccc21)OCC. The van der Waals surface area contributed by atoms with Crippen molar-refractivity contribution in [2.24, 2.45) is 0 Å². The van der Waals surface area contributed by atoms with E-state index >= 15 is 0 Å². The molecule has 1 aliphatic heterocycles. The highest BCUT2D eigenvalue weighted by Gasteiger charge is 2.38. The van der Waals surface area contributed by atoms with Gasteiger partial charge in [-0.1, -0.05) is 6.07 Å². The van der Waals surface area contributed by atoms with Crippen LogP contribution in [0.1, 0.15) is 24.2 Å². The van der Waals surface area contributed by atoms with Crippen molar-refractivity contribution in [3.63, 3.8) is 0 Å². The van der Waals surface area contributed by atoms with Crippen molar-refractivity contribution >= 4 is 33.3 Å². The zero-order chi connectivity index (χ0) is 14.7. The second-order valence-corrected chi connectivity index (χ2v) is 5.07. The fourth-order valence-electron chi connectivity index (χ4n) is 2.16. The molecule has 0 N–H and O–H groups in total. The van der Waals surface area contributed by atoms with Gasteiger partial charge in [-0.3, -0.25) is 14.5 Å². The molecule has 0 saturated carbocycles. The molecule has 5 nitrogen and oxygen atoms in total. The largest absolute Gasteiger partial charge is 0.351 e. The maximum atomic E-state index is 12.1. The summed E-state index contributed by atoms with van der Waals surface area (Å²) in [5.41, 5.74) is 1.00. The third-order valence-corrected chi connectivity index (χ3v) is 3.65. The number of ketones is 1. The Hall–Kier alpha value is -1.24. The van der Waals surface area contributed by atoms with Gasteiger partial charge in [0.05, 0.1) is 17.8 Å². The highest BCUT2D eigenvalue weighted by atomic mass is 79.9. The number of carbonyl (C=O) groups is 2. The first-order valence-corrected chi connectivity index (χ1v) is 7.27. The molecule has 1 amide bonds. The molecule has 0 bridgehead atoms. The van der Waals surface area contributed by atoms with Crippen LogP contribution >= 0.6 is 15.9 Å². The molecule has 2 rings (SSSR count). The van der Waals surface area contributed by atoms with E-state index < -0.39 is 18.0 Å². The van der Waals surface area contributed by atoms with Crippen molar-refractivity contribution in [3.8, 4) is 0 Å². The van der Waals surface area contributed by atoms with Gasteiger partial charge < -0.3 is 9.47 Å². The van der Waals surface area contributed by atoms with Gasteiger partial charge in [-0.25, -0.2) is 0 Å². The van der Waals surface area contributed by atoms with E-state index in [0.717, 1.165) is 0 Å². The number of rotatable bonds is 6. The summed E-state index contributed by atoms with van der Waals surface area (Å²) in [4.78, 5) is 25.5. The minimum atomic E-state index is -0.545. The third-order valence-electron chi connectivity index (χ3n) is 2.99. The van der Waals surface area contributed by atoms with Crippen LogP contribution in [0.25, 0.3) is 0 Å². The van der Waals surface area contributed by atoms with Gasteiger partial charge in [-0.2, -0.15) is 0 Å². The van der Waals surface area contributed by atoms with Crippen LogP contribution in [0.5, 0.6) is 0 Å². The molecule has 1 aliphatic rings. The molecule has 0 atom stereocenters. The molecule has 0 spiro atoms. The lowest BCUT2D eigenvalue weighted by Crippen LogP contribution is -2.39. The lowest BCUT2D eigenvalue weighted by atomic mass is 10.1. The van der Waals surface area contributed by atoms with Gasteiger partial charge in [0.2, 0.25) is 0 Å². The maximum Gasteiger partial charge on any atom is 0.299 e. The Balaban J connectivity index is 2.27. The molecule has 1 heterocycles. The fraction of sp³-hybridized carbons (Fsp3) is 0.429. The number of carbonyl (C=O) groups excluding carboxylic acids is 2. The average Bonchev–Trinajstić information content (AvgIpc) is 2.66. The number of hydrogen-bond acceptors (Lipinski definition) is 4. The minimum absolute atomic E-state index is 0.204. The first kappa shape index (κ1) is 15.2. The monoisotopic (exact) mass is 341 g/mol. The van der Waals surface area contributed by atoms with E-state index in [2.05, 4.69) is 15.9 Å². The molecule has 1 aromatic rings. The number of halogens is 1. The van der Waals surface area contributed by atoms with Crippen LogP contribution in [0.3, 0.4) is 0 Å². The van der Waals surface area contributed by atoms with Crippen molar-refractivity contribution in [3.05, 3.63) is 28.2 Å². The van der Waals surface area contributed by atoms with Gasteiger partial charge >= 0.3 is 0 Å². The predicted molar refractivity (Wildman–Crippen MR) is 77.9 cm³/mol. The van der Waals surface area contributed by atoms with E-state index in [1.165, 1.54) is 4.90 Å². The molecule has 0 aromatic heterocycles. The smallest absolute Gasteiger partial charge is 0.299 e. The number of anilines is 1. The lowest BCUT2D eigenvalue weighted by molar-refractivity contribution is -0.134. The standard InChI is InChI=1S/C14H16BrNO4/c1-3-19-11(20-4-2)8-16-10-7-5-6-9(15)12(10)13(17)14(16)18/h5-7,11H,3-4,8H2,1-2H3. The first-order valence-electron chi connectivity index (χ1n) is 6.48. The number of Topliss-reactive ketones (excluding diaryl/α,β-unsaturated/α-hetero) is 1. The Morgan fingerprint density at radius 2 is 1.85 bits per heavy atom. The summed E-state index contributed by atoms with van der Waals surface area (Å²) in [6, 6.07) is 5.28. The Labute approximate surface area is 126 Å². The number of amides is 1. The van der Waals surface area contributed by atoms with Gasteiger partial charge in [-0.05, 0) is 41.9 Å². The summed E-state index contributed by atoms with van der Waals surface area (Å²) in [6.45, 7) is 4.87. The topological polar surface area (TPSA) is 55.8 Å². The zero-order valence-electron chi connectivity index (χ0n) is 11.4. The molecule has 0 radical (unpaired) electrons. The number of ether oxygens (including phenoxy) is 2. The number of nitrogens with zero attached hydrogens (tertiary/aromatic N) is 1. The van der Waals surface area contributed by atoms with E-state index in [-0.39, 0.29) is 6.54 Å². The van der Waals surface area contributed by atoms with Gasteiger partial charge in [0.25, 0.3) is 11.7 Å². The van der Waals surface area contributed by atoms with Crippen molar-refractivity contribution in [1.82, 2.24) is 0 Å². The van der Waals surface area contributed by atoms with Crippen LogP contribution in [-0.2, 0) is 14.3 Å². The number of benzene rings is 1. The van der Waals surface area contributed by atoms with Crippen LogP contribution < -0.4 is 4.90 Å². The van der Waals surface area contributed by atoms with Crippen LogP contribution in [-0.4, -0.2) is 37.7 Å². The molecule has 0 aliphatic carbocycles. The lowest BCUT2D eigenvalue weighted by Gasteiger charge is -2.23. The second kappa shape index (κ2) is 6.47. The normalized spacial score (nSPS) is 14.3. The summed E-state index contributed by atoms with van der Waals surface area (Å²) in [5.74, 6) is -1.05. The minimum Gasteiger partial charge on any atom is -0.351 e. The molecule has 6 heteroatoms. The van der Waals surface area contributed by atoms with E-state index in [0.29, 0.717) is 28.9 Å². The summed E-state index contributed by atoms with van der Waals surface area (Å²) >= 11 is 3.31. The molecule has 0 fully saturated rings. The highest BCUT2D eigenvalue weighted by Crippen LogP contribution is 2.34. The zero-order valence-corrected chi connectivity index (χ0v) is 13.0. The quantitative estimate of drug-likeness (QED) is 0.588. The Morgan fingerprint density at radius 1 is 1.20 bits per heavy atom.